The second-order valence-corrected chi connectivity index (χ2v) is 6.90. The average molecular weight is 306 g/mol. The number of rotatable bonds is 5. The smallest absolute Gasteiger partial charge is 0.230 e. The van der Waals surface area contributed by atoms with Crippen LogP contribution in [0.4, 0.5) is 4.39 Å². The Hall–Kier alpha value is -1.42. The molecule has 0 bridgehead atoms. The Kier molecular flexibility index (Phi) is 5.57. The standard InChI is InChI=1S/C18H27FN2O/c1-18(2,15-6-4-5-7-16(15)19)17(22)20-11-8-14-9-12-21(3)13-10-14/h4-7,14H,8-13H2,1-3H3,(H,20,22). The molecule has 1 heterocycles. The first-order valence-electron chi connectivity index (χ1n) is 8.13. The molecular weight excluding hydrogens is 279 g/mol. The summed E-state index contributed by atoms with van der Waals surface area (Å²) in [5.41, 5.74) is -0.398. The highest BCUT2D eigenvalue weighted by atomic mass is 19.1. The van der Waals surface area contributed by atoms with Gasteiger partial charge in [0.1, 0.15) is 5.82 Å². The van der Waals surface area contributed by atoms with Crippen LogP contribution in [0.5, 0.6) is 0 Å². The molecule has 1 aromatic carbocycles. The quantitative estimate of drug-likeness (QED) is 0.907. The van der Waals surface area contributed by atoms with Crippen LogP contribution < -0.4 is 5.32 Å². The first kappa shape index (κ1) is 16.9. The molecule has 1 aromatic rings. The molecular formula is C18H27FN2O. The van der Waals surface area contributed by atoms with E-state index in [9.17, 15) is 9.18 Å². The fourth-order valence-corrected chi connectivity index (χ4v) is 3.05. The first-order valence-corrected chi connectivity index (χ1v) is 8.13. The number of carbonyl (C=O) groups is 1. The molecule has 3 nitrogen and oxygen atoms in total. The van der Waals surface area contributed by atoms with Gasteiger partial charge in [-0.2, -0.15) is 0 Å². The third-order valence-electron chi connectivity index (χ3n) is 4.79. The number of hydrogen-bond donors (Lipinski definition) is 1. The van der Waals surface area contributed by atoms with Crippen molar-refractivity contribution in [3.8, 4) is 0 Å². The highest BCUT2D eigenvalue weighted by Gasteiger charge is 2.32. The number of amides is 1. The Labute approximate surface area is 132 Å². The largest absolute Gasteiger partial charge is 0.355 e. The van der Waals surface area contributed by atoms with Crippen molar-refractivity contribution in [2.45, 2.75) is 38.5 Å². The van der Waals surface area contributed by atoms with Crippen molar-refractivity contribution in [1.29, 1.82) is 0 Å². The number of likely N-dealkylation sites (tertiary alicyclic amines) is 1. The summed E-state index contributed by atoms with van der Waals surface area (Å²) >= 11 is 0. The molecule has 0 aromatic heterocycles. The van der Waals surface area contributed by atoms with Crippen LogP contribution in [0, 0.1) is 11.7 Å². The molecule has 0 atom stereocenters. The summed E-state index contributed by atoms with van der Waals surface area (Å²) in [5, 5.41) is 2.99. The molecule has 4 heteroatoms. The zero-order chi connectivity index (χ0) is 16.2. The summed E-state index contributed by atoms with van der Waals surface area (Å²) in [6.45, 7) is 6.50. The minimum absolute atomic E-state index is 0.106. The number of carbonyl (C=O) groups excluding carboxylic acids is 1. The lowest BCUT2D eigenvalue weighted by Crippen LogP contribution is -2.41. The van der Waals surface area contributed by atoms with Gasteiger partial charge in [-0.1, -0.05) is 18.2 Å². The van der Waals surface area contributed by atoms with Crippen molar-refractivity contribution in [3.63, 3.8) is 0 Å². The lowest BCUT2D eigenvalue weighted by Gasteiger charge is -2.29. The van der Waals surface area contributed by atoms with Gasteiger partial charge in [-0.05, 0) is 65.2 Å². The summed E-state index contributed by atoms with van der Waals surface area (Å²) in [6.07, 6.45) is 3.40. The van der Waals surface area contributed by atoms with Crippen LogP contribution in [0.1, 0.15) is 38.7 Å². The third kappa shape index (κ3) is 4.07. The number of nitrogens with one attached hydrogen (secondary N) is 1. The number of nitrogens with zero attached hydrogens (tertiary/aromatic N) is 1. The zero-order valence-corrected chi connectivity index (χ0v) is 13.9. The molecule has 122 valence electrons. The van der Waals surface area contributed by atoms with E-state index in [4.69, 9.17) is 0 Å². The Bertz CT molecular complexity index is 508. The van der Waals surface area contributed by atoms with Crippen molar-refractivity contribution in [3.05, 3.63) is 35.6 Å². The maximum atomic E-state index is 13.9. The van der Waals surface area contributed by atoms with Crippen LogP contribution in [-0.4, -0.2) is 37.5 Å². The molecule has 2 rings (SSSR count). The fraction of sp³-hybridized carbons (Fsp3) is 0.611. The van der Waals surface area contributed by atoms with Gasteiger partial charge in [0.05, 0.1) is 5.41 Å². The highest BCUT2D eigenvalue weighted by molar-refractivity contribution is 5.87. The van der Waals surface area contributed by atoms with Crippen molar-refractivity contribution in [1.82, 2.24) is 10.2 Å². The molecule has 1 saturated heterocycles. The van der Waals surface area contributed by atoms with E-state index < -0.39 is 5.41 Å². The molecule has 0 radical (unpaired) electrons. The lowest BCUT2D eigenvalue weighted by molar-refractivity contribution is -0.125. The van der Waals surface area contributed by atoms with Crippen LogP contribution in [-0.2, 0) is 10.2 Å². The number of halogens is 1. The molecule has 0 aliphatic carbocycles. The van der Waals surface area contributed by atoms with Gasteiger partial charge in [-0.3, -0.25) is 4.79 Å². The van der Waals surface area contributed by atoms with Crippen molar-refractivity contribution in [2.75, 3.05) is 26.7 Å². The van der Waals surface area contributed by atoms with Gasteiger partial charge in [0.2, 0.25) is 5.91 Å². The molecule has 22 heavy (non-hydrogen) atoms. The topological polar surface area (TPSA) is 32.3 Å². The van der Waals surface area contributed by atoms with Crippen molar-refractivity contribution < 1.29 is 9.18 Å². The molecule has 0 saturated carbocycles. The van der Waals surface area contributed by atoms with Gasteiger partial charge in [-0.15, -0.1) is 0 Å². The van der Waals surface area contributed by atoms with E-state index in [1.54, 1.807) is 32.0 Å². The Morgan fingerprint density at radius 3 is 2.59 bits per heavy atom. The average Bonchev–Trinajstić information content (AvgIpc) is 2.49. The normalized spacial score (nSPS) is 17.5. The van der Waals surface area contributed by atoms with E-state index >= 15 is 0 Å². The van der Waals surface area contributed by atoms with Gasteiger partial charge in [0.15, 0.2) is 0 Å². The van der Waals surface area contributed by atoms with Crippen molar-refractivity contribution in [2.24, 2.45) is 5.92 Å². The Morgan fingerprint density at radius 1 is 1.32 bits per heavy atom. The molecule has 1 amide bonds. The molecule has 0 unspecified atom stereocenters. The van der Waals surface area contributed by atoms with E-state index in [1.165, 1.54) is 18.9 Å². The minimum atomic E-state index is -0.849. The van der Waals surface area contributed by atoms with Crippen molar-refractivity contribution >= 4 is 5.91 Å². The second kappa shape index (κ2) is 7.23. The van der Waals surface area contributed by atoms with Crippen LogP contribution in [0.25, 0.3) is 0 Å². The molecule has 1 aliphatic rings. The summed E-state index contributed by atoms with van der Waals surface area (Å²) in [6, 6.07) is 6.51. The predicted octanol–water partition coefficient (Wildman–Crippen LogP) is 2.95. The summed E-state index contributed by atoms with van der Waals surface area (Å²) in [7, 11) is 2.15. The Morgan fingerprint density at radius 2 is 1.95 bits per heavy atom. The van der Waals surface area contributed by atoms with E-state index in [-0.39, 0.29) is 11.7 Å². The zero-order valence-electron chi connectivity index (χ0n) is 13.9. The van der Waals surface area contributed by atoms with Crippen LogP contribution in [0.3, 0.4) is 0 Å². The maximum Gasteiger partial charge on any atom is 0.230 e. The number of hydrogen-bond acceptors (Lipinski definition) is 2. The molecule has 0 spiro atoms. The van der Waals surface area contributed by atoms with E-state index in [2.05, 4.69) is 17.3 Å². The van der Waals surface area contributed by atoms with Gasteiger partial charge < -0.3 is 10.2 Å². The maximum absolute atomic E-state index is 13.9. The van der Waals surface area contributed by atoms with Crippen LogP contribution in [0.15, 0.2) is 24.3 Å². The first-order chi connectivity index (χ1) is 10.4. The number of benzene rings is 1. The van der Waals surface area contributed by atoms with E-state index in [0.717, 1.165) is 19.5 Å². The van der Waals surface area contributed by atoms with Gasteiger partial charge in [-0.25, -0.2) is 4.39 Å². The Balaban J connectivity index is 1.85. The third-order valence-corrected chi connectivity index (χ3v) is 4.79. The molecule has 1 aliphatic heterocycles. The molecule has 1 N–H and O–H groups in total. The fourth-order valence-electron chi connectivity index (χ4n) is 3.05. The monoisotopic (exact) mass is 306 g/mol. The summed E-state index contributed by atoms with van der Waals surface area (Å²) in [4.78, 5) is 14.8. The summed E-state index contributed by atoms with van der Waals surface area (Å²) in [5.74, 6) is 0.261. The highest BCUT2D eigenvalue weighted by Crippen LogP contribution is 2.26. The van der Waals surface area contributed by atoms with Crippen LogP contribution >= 0.6 is 0 Å². The molecule has 1 fully saturated rings. The van der Waals surface area contributed by atoms with Crippen LogP contribution in [0.2, 0.25) is 0 Å². The SMILES string of the molecule is CN1CCC(CCNC(=O)C(C)(C)c2ccccc2F)CC1. The lowest BCUT2D eigenvalue weighted by atomic mass is 9.83. The minimum Gasteiger partial charge on any atom is -0.355 e. The van der Waals surface area contributed by atoms with Gasteiger partial charge in [0, 0.05) is 12.1 Å². The van der Waals surface area contributed by atoms with Gasteiger partial charge in [0.25, 0.3) is 0 Å². The number of piperidine rings is 1. The second-order valence-electron chi connectivity index (χ2n) is 6.90. The summed E-state index contributed by atoms with van der Waals surface area (Å²) < 4.78 is 13.9. The van der Waals surface area contributed by atoms with E-state index in [1.807, 2.05) is 0 Å². The van der Waals surface area contributed by atoms with Gasteiger partial charge >= 0.3 is 0 Å². The van der Waals surface area contributed by atoms with E-state index in [0.29, 0.717) is 18.0 Å². The predicted molar refractivity (Wildman–Crippen MR) is 87.3 cm³/mol.